The first-order chi connectivity index (χ1) is 13.5. The van der Waals surface area contributed by atoms with Crippen LogP contribution in [0, 0.1) is 0 Å². The molecule has 2 aliphatic rings. The van der Waals surface area contributed by atoms with Crippen molar-refractivity contribution in [2.75, 3.05) is 26.2 Å². The normalized spacial score (nSPS) is 25.7. The van der Waals surface area contributed by atoms with Crippen LogP contribution in [0.25, 0.3) is 0 Å². The summed E-state index contributed by atoms with van der Waals surface area (Å²) < 4.78 is 103. The number of hydrogen-bond donors (Lipinski definition) is 1. The van der Waals surface area contributed by atoms with E-state index in [1.807, 2.05) is 0 Å². The van der Waals surface area contributed by atoms with Gasteiger partial charge in [0.2, 0.25) is 16.3 Å². The minimum atomic E-state index is -5.33. The number of alkyl halides is 5. The molecule has 2 heterocycles. The Morgan fingerprint density at radius 1 is 1.28 bits per heavy atom. The number of rotatable bonds is 5. The van der Waals surface area contributed by atoms with E-state index in [1.54, 1.807) is 0 Å². The molecule has 2 unspecified atom stereocenters. The first-order valence-electron chi connectivity index (χ1n) is 8.15. The standard InChI is InChI=1S/C15H15F5N2O6S/c16-13(17)27-9-1-3-10(4-2-9)29(24,25)22-8-14(7-21-5-6-26-14)11(22)28-12(23)15(18,19)20/h1-4,11,13,21H,5-8H2. The zero-order chi connectivity index (χ0) is 21.4. The van der Waals surface area contributed by atoms with E-state index in [1.165, 1.54) is 0 Å². The maximum atomic E-state index is 12.8. The van der Waals surface area contributed by atoms with Crippen molar-refractivity contribution in [1.29, 1.82) is 0 Å². The van der Waals surface area contributed by atoms with E-state index >= 15 is 0 Å². The van der Waals surface area contributed by atoms with Crippen LogP contribution in [0.2, 0.25) is 0 Å². The number of carbonyl (C=O) groups excluding carboxylic acids is 1. The van der Waals surface area contributed by atoms with Gasteiger partial charge in [0, 0.05) is 13.1 Å². The third kappa shape index (κ3) is 4.29. The average Bonchev–Trinajstić information content (AvgIpc) is 2.64. The van der Waals surface area contributed by atoms with Crippen LogP contribution in [0.1, 0.15) is 0 Å². The fraction of sp³-hybridized carbons (Fsp3) is 0.533. The summed E-state index contributed by atoms with van der Waals surface area (Å²) in [6.45, 7) is -3.05. The number of esters is 1. The zero-order valence-electron chi connectivity index (χ0n) is 14.5. The fourth-order valence-electron chi connectivity index (χ4n) is 2.99. The van der Waals surface area contributed by atoms with Crippen molar-refractivity contribution in [2.45, 2.75) is 29.5 Å². The Bertz CT molecular complexity index is 855. The van der Waals surface area contributed by atoms with E-state index < -0.39 is 45.5 Å². The Kier molecular flexibility index (Phi) is 5.73. The van der Waals surface area contributed by atoms with Gasteiger partial charge < -0.3 is 19.5 Å². The summed E-state index contributed by atoms with van der Waals surface area (Å²) >= 11 is 0. The van der Waals surface area contributed by atoms with Crippen molar-refractivity contribution in [3.8, 4) is 5.75 Å². The molecule has 29 heavy (non-hydrogen) atoms. The smallest absolute Gasteiger partial charge is 0.435 e. The second-order valence-corrected chi connectivity index (χ2v) is 8.14. The quantitative estimate of drug-likeness (QED) is 0.535. The van der Waals surface area contributed by atoms with Crippen molar-refractivity contribution in [3.63, 3.8) is 0 Å². The number of carbonyl (C=O) groups is 1. The van der Waals surface area contributed by atoms with Gasteiger partial charge in [-0.1, -0.05) is 0 Å². The lowest BCUT2D eigenvalue weighted by atomic mass is 9.92. The maximum absolute atomic E-state index is 12.8. The lowest BCUT2D eigenvalue weighted by Crippen LogP contribution is -2.77. The molecule has 0 bridgehead atoms. The predicted octanol–water partition coefficient (Wildman–Crippen LogP) is 1.08. The van der Waals surface area contributed by atoms with Crippen LogP contribution < -0.4 is 10.1 Å². The predicted molar refractivity (Wildman–Crippen MR) is 84.5 cm³/mol. The molecular formula is C15H15F5N2O6S. The van der Waals surface area contributed by atoms with Crippen LogP contribution in [0.5, 0.6) is 5.75 Å². The third-order valence-electron chi connectivity index (χ3n) is 4.33. The molecule has 0 radical (unpaired) electrons. The van der Waals surface area contributed by atoms with Crippen LogP contribution in [-0.2, 0) is 24.3 Å². The number of halogens is 5. The summed E-state index contributed by atoms with van der Waals surface area (Å²) in [7, 11) is -4.43. The molecule has 1 aromatic rings. The van der Waals surface area contributed by atoms with Gasteiger partial charge in [-0.25, -0.2) is 13.2 Å². The van der Waals surface area contributed by atoms with Gasteiger partial charge in [-0.05, 0) is 24.3 Å². The van der Waals surface area contributed by atoms with Gasteiger partial charge in [0.05, 0.1) is 18.0 Å². The van der Waals surface area contributed by atoms with Crippen molar-refractivity contribution in [3.05, 3.63) is 24.3 Å². The molecule has 8 nitrogen and oxygen atoms in total. The topological polar surface area (TPSA) is 94.2 Å². The van der Waals surface area contributed by atoms with Gasteiger partial charge in [0.1, 0.15) is 11.4 Å². The van der Waals surface area contributed by atoms with E-state index in [4.69, 9.17) is 4.74 Å². The van der Waals surface area contributed by atoms with Gasteiger partial charge in [-0.15, -0.1) is 0 Å². The Hall–Kier alpha value is -2.03. The third-order valence-corrected chi connectivity index (χ3v) is 6.14. The van der Waals surface area contributed by atoms with E-state index in [0.717, 1.165) is 24.3 Å². The highest BCUT2D eigenvalue weighted by molar-refractivity contribution is 7.89. The average molecular weight is 446 g/mol. The largest absolute Gasteiger partial charge is 0.490 e. The summed E-state index contributed by atoms with van der Waals surface area (Å²) in [4.78, 5) is 10.9. The van der Waals surface area contributed by atoms with Gasteiger partial charge in [-0.3, -0.25) is 0 Å². The molecule has 0 saturated carbocycles. The molecule has 0 aromatic heterocycles. The Labute approximate surface area is 161 Å². The Balaban J connectivity index is 1.85. The van der Waals surface area contributed by atoms with E-state index in [-0.39, 0.29) is 25.4 Å². The molecule has 1 aromatic carbocycles. The Morgan fingerprint density at radius 2 is 1.93 bits per heavy atom. The summed E-state index contributed by atoms with van der Waals surface area (Å²) in [6, 6.07) is 3.81. The molecule has 3 rings (SSSR count). The first-order valence-corrected chi connectivity index (χ1v) is 9.59. The summed E-state index contributed by atoms with van der Waals surface area (Å²) in [5, 5.41) is 2.85. The second-order valence-electron chi connectivity index (χ2n) is 6.25. The number of morpholine rings is 1. The lowest BCUT2D eigenvalue weighted by molar-refractivity contribution is -0.269. The lowest BCUT2D eigenvalue weighted by Gasteiger charge is -2.55. The number of benzene rings is 1. The van der Waals surface area contributed by atoms with Crippen LogP contribution in [0.3, 0.4) is 0 Å². The summed E-state index contributed by atoms with van der Waals surface area (Å²) in [6.07, 6.45) is -7.19. The molecule has 162 valence electrons. The maximum Gasteiger partial charge on any atom is 0.490 e. The fourth-order valence-corrected chi connectivity index (χ4v) is 4.61. The van der Waals surface area contributed by atoms with Crippen LogP contribution >= 0.6 is 0 Å². The highest BCUT2D eigenvalue weighted by Crippen LogP contribution is 2.40. The monoisotopic (exact) mass is 446 g/mol. The van der Waals surface area contributed by atoms with Crippen LogP contribution in [0.4, 0.5) is 22.0 Å². The molecule has 14 heteroatoms. The highest BCUT2D eigenvalue weighted by atomic mass is 32.2. The van der Waals surface area contributed by atoms with Crippen molar-refractivity contribution >= 4 is 16.0 Å². The second kappa shape index (κ2) is 7.66. The zero-order valence-corrected chi connectivity index (χ0v) is 15.3. The van der Waals surface area contributed by atoms with Crippen molar-refractivity contribution in [1.82, 2.24) is 9.62 Å². The molecule has 2 fully saturated rings. The molecule has 2 aliphatic heterocycles. The van der Waals surface area contributed by atoms with E-state index in [2.05, 4.69) is 14.8 Å². The molecule has 0 amide bonds. The van der Waals surface area contributed by atoms with Crippen LogP contribution in [-0.4, -0.2) is 69.6 Å². The minimum absolute atomic E-state index is 0.0318. The highest BCUT2D eigenvalue weighted by Gasteiger charge is 2.63. The van der Waals surface area contributed by atoms with Crippen molar-refractivity contribution < 1.29 is 49.4 Å². The SMILES string of the molecule is O=C(OC1N(S(=O)(=O)c2ccc(OC(F)F)cc2)CC12CNCCO2)C(F)(F)F. The Morgan fingerprint density at radius 3 is 2.45 bits per heavy atom. The van der Waals surface area contributed by atoms with Gasteiger partial charge >= 0.3 is 18.8 Å². The molecular weight excluding hydrogens is 431 g/mol. The van der Waals surface area contributed by atoms with Gasteiger partial charge in [0.15, 0.2) is 0 Å². The minimum Gasteiger partial charge on any atom is -0.435 e. The van der Waals surface area contributed by atoms with Gasteiger partial charge in [-0.2, -0.15) is 26.3 Å². The number of ether oxygens (including phenoxy) is 3. The molecule has 0 aliphatic carbocycles. The van der Waals surface area contributed by atoms with Crippen LogP contribution in [0.15, 0.2) is 29.2 Å². The first kappa shape index (κ1) is 21.7. The molecule has 1 N–H and O–H groups in total. The summed E-state index contributed by atoms with van der Waals surface area (Å²) in [5.74, 6) is -2.87. The number of hydrogen-bond acceptors (Lipinski definition) is 7. The number of sulfonamides is 1. The number of nitrogens with one attached hydrogen (secondary N) is 1. The van der Waals surface area contributed by atoms with Gasteiger partial charge in [0.25, 0.3) is 0 Å². The molecule has 1 spiro atoms. The van der Waals surface area contributed by atoms with E-state index in [9.17, 15) is 35.2 Å². The molecule has 2 atom stereocenters. The number of nitrogens with zero attached hydrogens (tertiary/aromatic N) is 1. The van der Waals surface area contributed by atoms with E-state index in [0.29, 0.717) is 10.8 Å². The summed E-state index contributed by atoms with van der Waals surface area (Å²) in [5.41, 5.74) is -1.47. The van der Waals surface area contributed by atoms with Crippen molar-refractivity contribution in [2.24, 2.45) is 0 Å². The molecule has 2 saturated heterocycles.